The number of benzene rings is 1. The van der Waals surface area contributed by atoms with Gasteiger partial charge in [0.1, 0.15) is 6.04 Å². The molecule has 0 aliphatic carbocycles. The van der Waals surface area contributed by atoms with Crippen LogP contribution in [0.2, 0.25) is 0 Å². The average Bonchev–Trinajstić information content (AvgIpc) is 2.31. The number of carboxylic acid groups (broad SMARTS) is 1. The van der Waals surface area contributed by atoms with E-state index in [1.54, 1.807) is 12.1 Å². The molecule has 17 heavy (non-hydrogen) atoms. The minimum atomic E-state index is -1.13. The molecule has 1 aromatic rings. The number of hydrogen-bond acceptors (Lipinski definition) is 5. The first-order valence-electron chi connectivity index (χ1n) is 4.92. The molecule has 0 spiro atoms. The third-order valence-electron chi connectivity index (χ3n) is 2.36. The van der Waals surface area contributed by atoms with E-state index >= 15 is 0 Å². The number of rotatable bonds is 5. The van der Waals surface area contributed by atoms with Crippen LogP contribution in [0.15, 0.2) is 12.1 Å². The van der Waals surface area contributed by atoms with Crippen molar-refractivity contribution >= 4 is 5.97 Å². The van der Waals surface area contributed by atoms with Gasteiger partial charge in [0.05, 0.1) is 14.2 Å². The lowest BCUT2D eigenvalue weighted by Crippen LogP contribution is -2.32. The van der Waals surface area contributed by atoms with Crippen LogP contribution in [0.1, 0.15) is 5.56 Å². The summed E-state index contributed by atoms with van der Waals surface area (Å²) in [4.78, 5) is 10.6. The summed E-state index contributed by atoms with van der Waals surface area (Å²) in [5, 5.41) is 18.6. The second-order valence-corrected chi connectivity index (χ2v) is 3.46. The maximum Gasteiger partial charge on any atom is 0.320 e. The molecular formula is C11H15NO5. The molecule has 0 saturated heterocycles. The van der Waals surface area contributed by atoms with Gasteiger partial charge in [-0.1, -0.05) is 6.07 Å². The Morgan fingerprint density at radius 1 is 1.41 bits per heavy atom. The van der Waals surface area contributed by atoms with Gasteiger partial charge >= 0.3 is 5.97 Å². The van der Waals surface area contributed by atoms with E-state index in [4.69, 9.17) is 20.3 Å². The molecule has 0 amide bonds. The molecule has 1 rings (SSSR count). The van der Waals surface area contributed by atoms with E-state index in [0.717, 1.165) is 0 Å². The molecule has 6 nitrogen and oxygen atoms in total. The van der Waals surface area contributed by atoms with Gasteiger partial charge in [-0.25, -0.2) is 0 Å². The Morgan fingerprint density at radius 3 is 2.53 bits per heavy atom. The number of nitrogens with two attached hydrogens (primary N) is 1. The van der Waals surface area contributed by atoms with Crippen molar-refractivity contribution in [1.29, 1.82) is 0 Å². The summed E-state index contributed by atoms with van der Waals surface area (Å²) in [5.74, 6) is -0.733. The summed E-state index contributed by atoms with van der Waals surface area (Å²) in [7, 11) is 2.83. The van der Waals surface area contributed by atoms with Gasteiger partial charge in [-0.05, 0) is 6.07 Å². The van der Waals surface area contributed by atoms with Gasteiger partial charge in [-0.3, -0.25) is 4.79 Å². The van der Waals surface area contributed by atoms with Crippen LogP contribution in [0, 0.1) is 0 Å². The third-order valence-corrected chi connectivity index (χ3v) is 2.36. The fourth-order valence-corrected chi connectivity index (χ4v) is 1.44. The molecule has 6 heteroatoms. The molecule has 1 atom stereocenters. The third kappa shape index (κ3) is 2.79. The number of aromatic hydroxyl groups is 1. The van der Waals surface area contributed by atoms with E-state index in [1.807, 2.05) is 0 Å². The Labute approximate surface area is 98.6 Å². The highest BCUT2D eigenvalue weighted by molar-refractivity contribution is 5.74. The quantitative estimate of drug-likeness (QED) is 0.688. The van der Waals surface area contributed by atoms with Gasteiger partial charge in [0, 0.05) is 12.0 Å². The Hall–Kier alpha value is -1.95. The van der Waals surface area contributed by atoms with Crippen molar-refractivity contribution in [1.82, 2.24) is 0 Å². The molecule has 0 heterocycles. The second kappa shape index (κ2) is 5.40. The predicted molar refractivity (Wildman–Crippen MR) is 60.5 cm³/mol. The van der Waals surface area contributed by atoms with E-state index in [0.29, 0.717) is 11.3 Å². The number of carboxylic acids is 1. The lowest BCUT2D eigenvalue weighted by atomic mass is 10.0. The zero-order chi connectivity index (χ0) is 13.0. The van der Waals surface area contributed by atoms with Crippen LogP contribution in [0.5, 0.6) is 17.2 Å². The average molecular weight is 241 g/mol. The van der Waals surface area contributed by atoms with Crippen molar-refractivity contribution in [3.8, 4) is 17.2 Å². The number of aliphatic carboxylic acids is 1. The lowest BCUT2D eigenvalue weighted by molar-refractivity contribution is -0.138. The van der Waals surface area contributed by atoms with Crippen LogP contribution in [-0.4, -0.2) is 36.4 Å². The molecule has 4 N–H and O–H groups in total. The summed E-state index contributed by atoms with van der Waals surface area (Å²) in [6.07, 6.45) is 0.0154. The standard InChI is InChI=1S/C11H15NO5/c1-16-8-4-3-6(5-7(12)11(14)15)9(13)10(8)17-2/h3-4,7,13H,5,12H2,1-2H3,(H,14,15). The number of ether oxygens (including phenoxy) is 2. The smallest absolute Gasteiger partial charge is 0.320 e. The van der Waals surface area contributed by atoms with E-state index < -0.39 is 12.0 Å². The second-order valence-electron chi connectivity index (χ2n) is 3.46. The largest absolute Gasteiger partial charge is 0.504 e. The van der Waals surface area contributed by atoms with E-state index in [2.05, 4.69) is 0 Å². The molecule has 0 radical (unpaired) electrons. The van der Waals surface area contributed by atoms with Gasteiger partial charge in [0.25, 0.3) is 0 Å². The highest BCUT2D eigenvalue weighted by Gasteiger charge is 2.19. The monoisotopic (exact) mass is 241 g/mol. The number of hydrogen-bond donors (Lipinski definition) is 3. The van der Waals surface area contributed by atoms with Crippen LogP contribution >= 0.6 is 0 Å². The van der Waals surface area contributed by atoms with Crippen molar-refractivity contribution in [2.45, 2.75) is 12.5 Å². The molecule has 0 aliphatic rings. The van der Waals surface area contributed by atoms with Crippen molar-refractivity contribution in [2.24, 2.45) is 5.73 Å². The van der Waals surface area contributed by atoms with Gasteiger partial charge < -0.3 is 25.4 Å². The van der Waals surface area contributed by atoms with Crippen LogP contribution in [0.3, 0.4) is 0 Å². The fraction of sp³-hybridized carbons (Fsp3) is 0.364. The van der Waals surface area contributed by atoms with Crippen molar-refractivity contribution in [3.05, 3.63) is 17.7 Å². The van der Waals surface area contributed by atoms with Crippen molar-refractivity contribution in [3.63, 3.8) is 0 Å². The first kappa shape index (κ1) is 13.1. The van der Waals surface area contributed by atoms with Crippen molar-refractivity contribution in [2.75, 3.05) is 14.2 Å². The maximum absolute atomic E-state index is 10.6. The predicted octanol–water partition coefficient (Wildman–Crippen LogP) is 0.364. The number of phenolic OH excluding ortho intramolecular Hbond substituents is 1. The zero-order valence-corrected chi connectivity index (χ0v) is 9.64. The first-order valence-corrected chi connectivity index (χ1v) is 4.92. The first-order chi connectivity index (χ1) is 8.01. The normalized spacial score (nSPS) is 11.9. The SMILES string of the molecule is COc1ccc(CC(N)C(=O)O)c(O)c1OC. The molecule has 0 bridgehead atoms. The lowest BCUT2D eigenvalue weighted by Gasteiger charge is -2.13. The molecule has 0 saturated carbocycles. The van der Waals surface area contributed by atoms with Crippen LogP contribution in [0.25, 0.3) is 0 Å². The molecule has 1 unspecified atom stereocenters. The minimum absolute atomic E-state index is 0.0154. The van der Waals surface area contributed by atoms with E-state index in [-0.39, 0.29) is 17.9 Å². The molecule has 0 aromatic heterocycles. The van der Waals surface area contributed by atoms with Crippen molar-refractivity contribution < 1.29 is 24.5 Å². The zero-order valence-electron chi connectivity index (χ0n) is 9.64. The summed E-state index contributed by atoms with van der Waals surface area (Å²) in [6, 6.07) is 2.07. The number of methoxy groups -OCH3 is 2. The highest BCUT2D eigenvalue weighted by atomic mass is 16.5. The fourth-order valence-electron chi connectivity index (χ4n) is 1.44. The molecule has 0 aliphatic heterocycles. The van der Waals surface area contributed by atoms with Gasteiger partial charge in [0.2, 0.25) is 5.75 Å². The molecule has 0 fully saturated rings. The van der Waals surface area contributed by atoms with Gasteiger partial charge in [-0.2, -0.15) is 0 Å². The Morgan fingerprint density at radius 2 is 2.06 bits per heavy atom. The minimum Gasteiger partial charge on any atom is -0.504 e. The highest BCUT2D eigenvalue weighted by Crippen LogP contribution is 2.39. The molecule has 1 aromatic carbocycles. The molecular weight excluding hydrogens is 226 g/mol. The Balaban J connectivity index is 3.06. The van der Waals surface area contributed by atoms with Crippen LogP contribution < -0.4 is 15.2 Å². The number of phenols is 1. The van der Waals surface area contributed by atoms with Gasteiger partial charge in [0.15, 0.2) is 11.5 Å². The summed E-state index contributed by atoms with van der Waals surface area (Å²) >= 11 is 0. The van der Waals surface area contributed by atoms with E-state index in [1.165, 1.54) is 14.2 Å². The van der Waals surface area contributed by atoms with Gasteiger partial charge in [-0.15, -0.1) is 0 Å². The number of carbonyl (C=O) groups is 1. The Kier molecular flexibility index (Phi) is 4.17. The summed E-state index contributed by atoms with van der Waals surface area (Å²) in [5.41, 5.74) is 5.80. The maximum atomic E-state index is 10.6. The molecule has 94 valence electrons. The summed E-state index contributed by atoms with van der Waals surface area (Å²) in [6.45, 7) is 0. The topological polar surface area (TPSA) is 102 Å². The van der Waals surface area contributed by atoms with Crippen LogP contribution in [-0.2, 0) is 11.2 Å². The van der Waals surface area contributed by atoms with E-state index in [9.17, 15) is 9.90 Å². The Bertz CT molecular complexity index is 419. The van der Waals surface area contributed by atoms with Crippen LogP contribution in [0.4, 0.5) is 0 Å². The summed E-state index contributed by atoms with van der Waals surface area (Å²) < 4.78 is 9.98.